The van der Waals surface area contributed by atoms with E-state index in [2.05, 4.69) is 23.2 Å². The monoisotopic (exact) mass is 516 g/mol. The minimum absolute atomic E-state index is 0.250. The molecule has 0 aliphatic carbocycles. The summed E-state index contributed by atoms with van der Waals surface area (Å²) in [6.45, 7) is 2.48. The summed E-state index contributed by atoms with van der Waals surface area (Å²) in [5.41, 5.74) is 19.1. The zero-order valence-electron chi connectivity index (χ0n) is 21.4. The Morgan fingerprint density at radius 1 is 0.632 bits per heavy atom. The van der Waals surface area contributed by atoms with E-state index in [4.69, 9.17) is 21.1 Å². The number of benzene rings is 4. The van der Waals surface area contributed by atoms with E-state index in [0.717, 1.165) is 12.1 Å². The highest BCUT2D eigenvalue weighted by atomic mass is 16.4. The first-order valence-electron chi connectivity index (χ1n) is 11.8. The van der Waals surface area contributed by atoms with Crippen molar-refractivity contribution in [2.24, 2.45) is 11.5 Å². The minimum Gasteiger partial charge on any atom is -0.530 e. The molecule has 0 atom stereocenters. The highest BCUT2D eigenvalue weighted by Gasteiger charge is 1.88. The van der Waals surface area contributed by atoms with Crippen molar-refractivity contribution in [1.82, 2.24) is 5.32 Å². The quantitative estimate of drug-likeness (QED) is 0.317. The first-order valence-corrected chi connectivity index (χ1v) is 11.8. The molecular formula is C30H36N4O4. The van der Waals surface area contributed by atoms with Crippen LogP contribution in [0.15, 0.2) is 121 Å². The van der Waals surface area contributed by atoms with Gasteiger partial charge in [-0.2, -0.15) is 9.59 Å². The van der Waals surface area contributed by atoms with Crippen molar-refractivity contribution in [3.8, 4) is 0 Å². The lowest BCUT2D eigenvalue weighted by atomic mass is 10.2. The van der Waals surface area contributed by atoms with Crippen LogP contribution >= 0.6 is 0 Å². The number of nitrogens with two attached hydrogens (primary N) is 2. The van der Waals surface area contributed by atoms with E-state index in [1.807, 2.05) is 109 Å². The van der Waals surface area contributed by atoms with Crippen LogP contribution in [-0.4, -0.2) is 12.2 Å². The number of nitrogens with one attached hydrogen (secondary N) is 1. The maximum atomic E-state index is 9.95. The van der Waals surface area contributed by atoms with Crippen molar-refractivity contribution in [2.45, 2.75) is 26.2 Å². The molecule has 0 spiro atoms. The van der Waals surface area contributed by atoms with Crippen LogP contribution in [-0.2, 0) is 35.8 Å². The van der Waals surface area contributed by atoms with Gasteiger partial charge in [0, 0.05) is 25.2 Å². The van der Waals surface area contributed by atoms with Gasteiger partial charge in [0.05, 0.1) is 6.54 Å². The number of rotatable bonds is 5. The molecule has 0 aliphatic heterocycles. The Labute approximate surface area is 224 Å². The molecule has 0 aromatic heterocycles. The highest BCUT2D eigenvalue weighted by molar-refractivity contribution is 5.61. The van der Waals surface area contributed by atoms with Crippen LogP contribution in [0.4, 0.5) is 4.79 Å². The number of carboxylic acid groups (broad SMARTS) is 1. The van der Waals surface area contributed by atoms with Gasteiger partial charge in [0.2, 0.25) is 0 Å². The maximum Gasteiger partial charge on any atom is 0.373 e. The van der Waals surface area contributed by atoms with Gasteiger partial charge in [-0.1, -0.05) is 121 Å². The molecule has 0 saturated carbocycles. The zero-order chi connectivity index (χ0) is 28.3. The van der Waals surface area contributed by atoms with Gasteiger partial charge in [0.15, 0.2) is 0 Å². The third-order valence-electron chi connectivity index (χ3n) is 4.57. The predicted molar refractivity (Wildman–Crippen MR) is 145 cm³/mol. The smallest absolute Gasteiger partial charge is 0.373 e. The fraction of sp³-hybridized carbons (Fsp3) is 0.133. The second-order valence-electron chi connectivity index (χ2n) is 7.32. The number of carbonyl (C=O) groups excluding carboxylic acids is 3. The average Bonchev–Trinajstić information content (AvgIpc) is 2.99. The summed E-state index contributed by atoms with van der Waals surface area (Å²) in [6.07, 6.45) is -0.992. The van der Waals surface area contributed by atoms with Crippen LogP contribution in [0.3, 0.4) is 0 Å². The maximum absolute atomic E-state index is 9.95. The van der Waals surface area contributed by atoms with Gasteiger partial charge in [-0.3, -0.25) is 0 Å². The molecule has 0 radical (unpaired) electrons. The SMILES string of the molecule is NCc1ccccc1.NCc1ccccc1.O=C([O-])NCc1ccccc1.O=C=O.[NH3+]Cc1ccccc1. The molecular weight excluding hydrogens is 480 g/mol. The van der Waals surface area contributed by atoms with E-state index < -0.39 is 6.09 Å². The molecule has 8 nitrogen and oxygen atoms in total. The van der Waals surface area contributed by atoms with E-state index in [1.165, 1.54) is 16.7 Å². The number of hydrogen-bond donors (Lipinski definition) is 4. The van der Waals surface area contributed by atoms with E-state index in [9.17, 15) is 9.90 Å². The Morgan fingerprint density at radius 2 is 0.921 bits per heavy atom. The normalized spacial score (nSPS) is 8.61. The third kappa shape index (κ3) is 19.7. The summed E-state index contributed by atoms with van der Waals surface area (Å²) < 4.78 is 0. The van der Waals surface area contributed by atoms with Crippen LogP contribution in [0.2, 0.25) is 0 Å². The second-order valence-corrected chi connectivity index (χ2v) is 7.32. The van der Waals surface area contributed by atoms with E-state index in [0.29, 0.717) is 19.6 Å². The van der Waals surface area contributed by atoms with Crippen molar-refractivity contribution in [1.29, 1.82) is 0 Å². The topological polar surface area (TPSA) is 166 Å². The third-order valence-corrected chi connectivity index (χ3v) is 4.57. The van der Waals surface area contributed by atoms with Crippen LogP contribution in [0.1, 0.15) is 22.3 Å². The van der Waals surface area contributed by atoms with Crippen molar-refractivity contribution in [2.75, 3.05) is 0 Å². The first kappa shape index (κ1) is 33.4. The van der Waals surface area contributed by atoms with E-state index in [-0.39, 0.29) is 6.15 Å². The fourth-order valence-electron chi connectivity index (χ4n) is 2.64. The molecule has 8 heteroatoms. The number of quaternary nitrogens is 1. The number of carbonyl (C=O) groups is 1. The lowest BCUT2D eigenvalue weighted by Crippen LogP contribution is -2.47. The largest absolute Gasteiger partial charge is 0.530 e. The molecule has 4 aromatic rings. The Morgan fingerprint density at radius 3 is 1.13 bits per heavy atom. The average molecular weight is 517 g/mol. The molecule has 4 aromatic carbocycles. The first-order chi connectivity index (χ1) is 18.5. The predicted octanol–water partition coefficient (Wildman–Crippen LogP) is 2.26. The van der Waals surface area contributed by atoms with Crippen molar-refractivity contribution in [3.63, 3.8) is 0 Å². The highest BCUT2D eigenvalue weighted by Crippen LogP contribution is 1.97. The molecule has 8 N–H and O–H groups in total. The molecule has 0 bridgehead atoms. The Kier molecular flexibility index (Phi) is 21.2. The Hall–Kier alpha value is -4.59. The molecule has 0 unspecified atom stereocenters. The number of hydrogen-bond acceptors (Lipinski definition) is 6. The molecule has 0 fully saturated rings. The molecule has 200 valence electrons. The van der Waals surface area contributed by atoms with Gasteiger partial charge in [0.1, 0.15) is 6.09 Å². The Balaban J connectivity index is 0.000000468. The minimum atomic E-state index is -1.24. The van der Waals surface area contributed by atoms with Gasteiger partial charge in [0.25, 0.3) is 0 Å². The van der Waals surface area contributed by atoms with Crippen LogP contribution in [0, 0.1) is 0 Å². The summed E-state index contributed by atoms with van der Waals surface area (Å²) in [4.78, 5) is 26.2. The Bertz CT molecular complexity index is 1010. The number of amides is 1. The van der Waals surface area contributed by atoms with Gasteiger partial charge >= 0.3 is 6.15 Å². The van der Waals surface area contributed by atoms with E-state index >= 15 is 0 Å². The molecule has 4 rings (SSSR count). The van der Waals surface area contributed by atoms with Crippen LogP contribution in [0.25, 0.3) is 0 Å². The summed E-state index contributed by atoms with van der Waals surface area (Å²) in [5.74, 6) is 0. The molecule has 38 heavy (non-hydrogen) atoms. The fourth-order valence-corrected chi connectivity index (χ4v) is 2.64. The van der Waals surface area contributed by atoms with Crippen LogP contribution < -0.4 is 27.6 Å². The van der Waals surface area contributed by atoms with Crippen molar-refractivity contribution in [3.05, 3.63) is 144 Å². The molecule has 0 saturated heterocycles. The zero-order valence-corrected chi connectivity index (χ0v) is 21.4. The summed E-state index contributed by atoms with van der Waals surface area (Å²) in [6, 6.07) is 39.5. The van der Waals surface area contributed by atoms with Crippen molar-refractivity contribution < 1.29 is 25.2 Å². The van der Waals surface area contributed by atoms with Gasteiger partial charge in [-0.25, -0.2) is 0 Å². The standard InChI is InChI=1S/C8H9NO2.3C7H9N.CO2/c10-8(11)9-6-7-4-2-1-3-5-7;3*8-6-7-4-2-1-3-5-7;2-1-3/h1-5,9H,6H2,(H,10,11);3*1-5H,6,8H2;. The summed E-state index contributed by atoms with van der Waals surface area (Å²) in [7, 11) is 0. The second kappa shape index (κ2) is 24.1. The van der Waals surface area contributed by atoms with Gasteiger partial charge < -0.3 is 32.4 Å². The summed E-state index contributed by atoms with van der Waals surface area (Å²) >= 11 is 0. The summed E-state index contributed by atoms with van der Waals surface area (Å²) in [5, 5.41) is 12.1. The van der Waals surface area contributed by atoms with Gasteiger partial charge in [-0.05, 0) is 16.7 Å². The lowest BCUT2D eigenvalue weighted by molar-refractivity contribution is -0.386. The van der Waals surface area contributed by atoms with Gasteiger partial charge in [-0.15, -0.1) is 0 Å². The van der Waals surface area contributed by atoms with E-state index in [1.54, 1.807) is 0 Å². The molecule has 1 amide bonds. The molecule has 0 aliphatic rings. The lowest BCUT2D eigenvalue weighted by Gasteiger charge is -2.05. The van der Waals surface area contributed by atoms with Crippen molar-refractivity contribution >= 4 is 12.2 Å². The van der Waals surface area contributed by atoms with Crippen LogP contribution in [0.5, 0.6) is 0 Å². The molecule has 0 heterocycles.